The SMILES string of the molecule is CC(=O)c1ccc(N2CCN(C(=O)CCCC3CCCCC3)CC2)c(F)c1. The second-order valence-corrected chi connectivity index (χ2v) is 7.99. The summed E-state index contributed by atoms with van der Waals surface area (Å²) in [6.45, 7) is 3.97. The van der Waals surface area contributed by atoms with Gasteiger partial charge < -0.3 is 9.80 Å². The van der Waals surface area contributed by atoms with Crippen LogP contribution in [0.5, 0.6) is 0 Å². The molecule has 2 fully saturated rings. The Morgan fingerprint density at radius 3 is 2.41 bits per heavy atom. The lowest BCUT2D eigenvalue weighted by Crippen LogP contribution is -2.49. The molecule has 5 heteroatoms. The van der Waals surface area contributed by atoms with Crippen LogP contribution in [-0.4, -0.2) is 42.8 Å². The number of benzene rings is 1. The van der Waals surface area contributed by atoms with E-state index in [0.717, 1.165) is 12.3 Å². The van der Waals surface area contributed by atoms with Crippen molar-refractivity contribution in [3.8, 4) is 0 Å². The Hall–Kier alpha value is -1.91. The van der Waals surface area contributed by atoms with Crippen LogP contribution < -0.4 is 4.90 Å². The molecule has 1 aromatic carbocycles. The first-order valence-electron chi connectivity index (χ1n) is 10.4. The highest BCUT2D eigenvalue weighted by atomic mass is 19.1. The van der Waals surface area contributed by atoms with Gasteiger partial charge in [-0.05, 0) is 43.9 Å². The summed E-state index contributed by atoms with van der Waals surface area (Å²) in [6.07, 6.45) is 9.55. The lowest BCUT2D eigenvalue weighted by Gasteiger charge is -2.36. The molecule has 2 aliphatic rings. The van der Waals surface area contributed by atoms with Crippen LogP contribution in [0.25, 0.3) is 0 Å². The zero-order valence-corrected chi connectivity index (χ0v) is 16.4. The number of Topliss-reactive ketones (excluding diaryl/α,β-unsaturated/α-hetero) is 1. The number of hydrogen-bond acceptors (Lipinski definition) is 3. The van der Waals surface area contributed by atoms with E-state index in [1.54, 1.807) is 12.1 Å². The van der Waals surface area contributed by atoms with E-state index in [1.165, 1.54) is 51.5 Å². The molecule has 27 heavy (non-hydrogen) atoms. The van der Waals surface area contributed by atoms with Crippen molar-refractivity contribution < 1.29 is 14.0 Å². The highest BCUT2D eigenvalue weighted by molar-refractivity contribution is 5.94. The number of anilines is 1. The molecular formula is C22H31FN2O2. The average Bonchev–Trinajstić information content (AvgIpc) is 2.69. The Morgan fingerprint density at radius 1 is 1.07 bits per heavy atom. The fourth-order valence-electron chi connectivity index (χ4n) is 4.35. The van der Waals surface area contributed by atoms with Gasteiger partial charge in [-0.25, -0.2) is 4.39 Å². The number of rotatable bonds is 6. The maximum Gasteiger partial charge on any atom is 0.222 e. The van der Waals surface area contributed by atoms with Gasteiger partial charge in [0.05, 0.1) is 5.69 Å². The van der Waals surface area contributed by atoms with Crippen LogP contribution in [0.4, 0.5) is 10.1 Å². The Morgan fingerprint density at radius 2 is 1.78 bits per heavy atom. The highest BCUT2D eigenvalue weighted by Gasteiger charge is 2.23. The molecule has 1 aliphatic carbocycles. The third-order valence-electron chi connectivity index (χ3n) is 6.06. The van der Waals surface area contributed by atoms with Gasteiger partial charge in [0.1, 0.15) is 5.82 Å². The van der Waals surface area contributed by atoms with Crippen molar-refractivity contribution in [2.75, 3.05) is 31.1 Å². The zero-order valence-electron chi connectivity index (χ0n) is 16.4. The van der Waals surface area contributed by atoms with Gasteiger partial charge in [0.25, 0.3) is 0 Å². The molecule has 0 unspecified atom stereocenters. The van der Waals surface area contributed by atoms with E-state index in [4.69, 9.17) is 0 Å². The predicted molar refractivity (Wildman–Crippen MR) is 106 cm³/mol. The number of halogens is 1. The molecule has 1 saturated carbocycles. The van der Waals surface area contributed by atoms with Crippen LogP contribution in [0.2, 0.25) is 0 Å². The average molecular weight is 375 g/mol. The van der Waals surface area contributed by atoms with Gasteiger partial charge in [0, 0.05) is 38.2 Å². The van der Waals surface area contributed by atoms with Crippen molar-refractivity contribution >= 4 is 17.4 Å². The molecule has 0 bridgehead atoms. The van der Waals surface area contributed by atoms with Crippen LogP contribution in [0.15, 0.2) is 18.2 Å². The lowest BCUT2D eigenvalue weighted by atomic mass is 9.86. The first kappa shape index (κ1) is 19.8. The summed E-state index contributed by atoms with van der Waals surface area (Å²) in [4.78, 5) is 27.7. The van der Waals surface area contributed by atoms with Crippen LogP contribution >= 0.6 is 0 Å². The first-order chi connectivity index (χ1) is 13.0. The zero-order chi connectivity index (χ0) is 19.2. The second kappa shape index (κ2) is 9.34. The molecule has 148 valence electrons. The van der Waals surface area contributed by atoms with E-state index in [2.05, 4.69) is 0 Å². The summed E-state index contributed by atoms with van der Waals surface area (Å²) in [7, 11) is 0. The molecule has 1 amide bonds. The number of piperazine rings is 1. The van der Waals surface area contributed by atoms with Crippen molar-refractivity contribution in [3.05, 3.63) is 29.6 Å². The van der Waals surface area contributed by atoms with E-state index in [1.807, 2.05) is 9.80 Å². The molecule has 1 heterocycles. The Bertz CT molecular complexity index is 662. The minimum absolute atomic E-state index is 0.135. The van der Waals surface area contributed by atoms with E-state index in [9.17, 15) is 14.0 Å². The molecule has 0 atom stereocenters. The minimum atomic E-state index is -0.366. The number of carbonyl (C=O) groups is 2. The Kier molecular flexibility index (Phi) is 6.86. The molecule has 4 nitrogen and oxygen atoms in total. The van der Waals surface area contributed by atoms with Crippen molar-refractivity contribution in [1.29, 1.82) is 0 Å². The molecule has 1 aliphatic heterocycles. The fourth-order valence-corrected chi connectivity index (χ4v) is 4.35. The van der Waals surface area contributed by atoms with Crippen molar-refractivity contribution in [3.63, 3.8) is 0 Å². The third-order valence-corrected chi connectivity index (χ3v) is 6.06. The van der Waals surface area contributed by atoms with Crippen LogP contribution in [0.3, 0.4) is 0 Å². The van der Waals surface area contributed by atoms with Gasteiger partial charge in [-0.1, -0.05) is 32.1 Å². The predicted octanol–water partition coefficient (Wildman–Crippen LogP) is 4.43. The molecule has 0 radical (unpaired) electrons. The van der Waals surface area contributed by atoms with Crippen molar-refractivity contribution in [1.82, 2.24) is 4.90 Å². The van der Waals surface area contributed by atoms with Crippen LogP contribution in [-0.2, 0) is 4.79 Å². The van der Waals surface area contributed by atoms with Crippen LogP contribution in [0.1, 0.15) is 68.6 Å². The van der Waals surface area contributed by atoms with Gasteiger partial charge in [-0.2, -0.15) is 0 Å². The van der Waals surface area contributed by atoms with Gasteiger partial charge >= 0.3 is 0 Å². The number of hydrogen-bond donors (Lipinski definition) is 0. The Labute approximate surface area is 161 Å². The molecule has 0 N–H and O–H groups in total. The fraction of sp³-hybridized carbons (Fsp3) is 0.636. The van der Waals surface area contributed by atoms with E-state index in [-0.39, 0.29) is 17.5 Å². The molecule has 0 aromatic heterocycles. The molecule has 3 rings (SSSR count). The second-order valence-electron chi connectivity index (χ2n) is 7.99. The quantitative estimate of drug-likeness (QED) is 0.692. The first-order valence-corrected chi connectivity index (χ1v) is 10.4. The minimum Gasteiger partial charge on any atom is -0.366 e. The standard InChI is InChI=1S/C22H31FN2O2/c1-17(26)19-10-11-21(20(23)16-19)24-12-14-25(15-13-24)22(27)9-5-8-18-6-3-2-4-7-18/h10-11,16,18H,2-9,12-15H2,1H3. The molecule has 1 saturated heterocycles. The third kappa shape index (κ3) is 5.30. The summed E-state index contributed by atoms with van der Waals surface area (Å²) in [5, 5.41) is 0. The van der Waals surface area contributed by atoms with Crippen LogP contribution in [0, 0.1) is 11.7 Å². The van der Waals surface area contributed by atoms with Crippen molar-refractivity contribution in [2.24, 2.45) is 5.92 Å². The van der Waals surface area contributed by atoms with E-state index < -0.39 is 0 Å². The maximum absolute atomic E-state index is 14.3. The van der Waals surface area contributed by atoms with Crippen molar-refractivity contribution in [2.45, 2.75) is 58.3 Å². The highest BCUT2D eigenvalue weighted by Crippen LogP contribution is 2.28. The summed E-state index contributed by atoms with van der Waals surface area (Å²) in [5.74, 6) is 0.557. The summed E-state index contributed by atoms with van der Waals surface area (Å²) >= 11 is 0. The van der Waals surface area contributed by atoms with E-state index in [0.29, 0.717) is 43.9 Å². The molecular weight excluding hydrogens is 343 g/mol. The van der Waals surface area contributed by atoms with Gasteiger partial charge in [0.2, 0.25) is 5.91 Å². The maximum atomic E-state index is 14.3. The summed E-state index contributed by atoms with van der Waals surface area (Å²) < 4.78 is 14.3. The summed E-state index contributed by atoms with van der Waals surface area (Å²) in [6, 6.07) is 4.65. The monoisotopic (exact) mass is 374 g/mol. The number of amides is 1. The smallest absolute Gasteiger partial charge is 0.222 e. The molecule has 1 aromatic rings. The van der Waals surface area contributed by atoms with E-state index >= 15 is 0 Å². The normalized spacial score (nSPS) is 18.6. The largest absolute Gasteiger partial charge is 0.366 e. The topological polar surface area (TPSA) is 40.6 Å². The number of ketones is 1. The van der Waals surface area contributed by atoms with Gasteiger partial charge in [-0.15, -0.1) is 0 Å². The van der Waals surface area contributed by atoms with Gasteiger partial charge in [-0.3, -0.25) is 9.59 Å². The molecule has 0 spiro atoms. The van der Waals surface area contributed by atoms with Gasteiger partial charge in [0.15, 0.2) is 5.78 Å². The summed E-state index contributed by atoms with van der Waals surface area (Å²) in [5.41, 5.74) is 0.910. The lowest BCUT2D eigenvalue weighted by molar-refractivity contribution is -0.131. The number of carbonyl (C=O) groups excluding carboxylic acids is 2. The number of nitrogens with zero attached hydrogens (tertiary/aromatic N) is 2. The Balaban J connectivity index is 1.44.